The van der Waals surface area contributed by atoms with Gasteiger partial charge in [0.15, 0.2) is 5.13 Å². The molecule has 1 saturated heterocycles. The summed E-state index contributed by atoms with van der Waals surface area (Å²) in [5.74, 6) is 0.00794. The molecule has 0 atom stereocenters. The van der Waals surface area contributed by atoms with Crippen LogP contribution in [0.1, 0.15) is 21.2 Å². The molecule has 1 aliphatic heterocycles. The van der Waals surface area contributed by atoms with Gasteiger partial charge in [0.25, 0.3) is 5.91 Å². The van der Waals surface area contributed by atoms with Crippen LogP contribution in [-0.2, 0) is 11.3 Å². The normalized spacial score (nSPS) is 15.4. The lowest BCUT2D eigenvalue weighted by Gasteiger charge is -2.34. The van der Waals surface area contributed by atoms with Crippen LogP contribution in [0, 0.1) is 6.92 Å². The number of anilines is 1. The van der Waals surface area contributed by atoms with Crippen molar-refractivity contribution in [1.29, 1.82) is 0 Å². The first kappa shape index (κ1) is 15.4. The molecule has 1 fully saturated rings. The number of rotatable bonds is 4. The van der Waals surface area contributed by atoms with Crippen molar-refractivity contribution < 1.29 is 9.53 Å². The molecule has 3 rings (SSSR count). The van der Waals surface area contributed by atoms with Gasteiger partial charge in [-0.2, -0.15) is 0 Å². The summed E-state index contributed by atoms with van der Waals surface area (Å²) in [6.07, 6.45) is 0. The van der Waals surface area contributed by atoms with Gasteiger partial charge in [0, 0.05) is 44.0 Å². The molecule has 0 unspecified atom stereocenters. The maximum atomic E-state index is 12.5. The Bertz CT molecular complexity index is 647. The number of carbonyl (C=O) groups excluding carboxylic acids is 1. The summed E-state index contributed by atoms with van der Waals surface area (Å²) in [5, 5.41) is 5.75. The van der Waals surface area contributed by atoms with E-state index in [9.17, 15) is 4.79 Å². The summed E-state index contributed by atoms with van der Waals surface area (Å²) >= 11 is 3.12. The molecule has 8 heteroatoms. The number of methoxy groups -OCH3 is 1. The molecule has 22 heavy (non-hydrogen) atoms. The largest absolute Gasteiger partial charge is 0.378 e. The third-order valence-electron chi connectivity index (χ3n) is 3.48. The van der Waals surface area contributed by atoms with Crippen molar-refractivity contribution in [1.82, 2.24) is 14.9 Å². The highest BCUT2D eigenvalue weighted by molar-refractivity contribution is 7.13. The van der Waals surface area contributed by atoms with Crippen molar-refractivity contribution in [2.24, 2.45) is 0 Å². The number of aromatic nitrogens is 2. The minimum Gasteiger partial charge on any atom is -0.378 e. The number of thiazole rings is 2. The van der Waals surface area contributed by atoms with E-state index in [0.29, 0.717) is 25.4 Å². The fourth-order valence-electron chi connectivity index (χ4n) is 2.35. The second-order valence-corrected chi connectivity index (χ2v) is 6.89. The van der Waals surface area contributed by atoms with Crippen molar-refractivity contribution >= 4 is 33.7 Å². The SMILES string of the molecule is COCc1nc(C(=O)N2CCN(c3nc(C)cs3)CC2)cs1. The van der Waals surface area contributed by atoms with E-state index in [-0.39, 0.29) is 5.91 Å². The predicted molar refractivity (Wildman–Crippen MR) is 87.8 cm³/mol. The molecule has 3 heterocycles. The minimum absolute atomic E-state index is 0.00794. The Balaban J connectivity index is 1.59. The van der Waals surface area contributed by atoms with Gasteiger partial charge in [0.2, 0.25) is 0 Å². The number of carbonyl (C=O) groups is 1. The van der Waals surface area contributed by atoms with Crippen LogP contribution in [0.25, 0.3) is 0 Å². The van der Waals surface area contributed by atoms with Crippen LogP contribution >= 0.6 is 22.7 Å². The van der Waals surface area contributed by atoms with Gasteiger partial charge in [-0.05, 0) is 6.92 Å². The molecule has 118 valence electrons. The van der Waals surface area contributed by atoms with E-state index in [0.717, 1.165) is 28.9 Å². The fraction of sp³-hybridized carbons (Fsp3) is 0.500. The topological polar surface area (TPSA) is 58.6 Å². The van der Waals surface area contributed by atoms with Gasteiger partial charge in [-0.25, -0.2) is 9.97 Å². The average molecular weight is 338 g/mol. The third-order valence-corrected chi connectivity index (χ3v) is 5.32. The van der Waals surface area contributed by atoms with Gasteiger partial charge in [0.05, 0.1) is 12.3 Å². The van der Waals surface area contributed by atoms with E-state index in [1.54, 1.807) is 18.4 Å². The van der Waals surface area contributed by atoms with Gasteiger partial charge in [-0.3, -0.25) is 4.79 Å². The summed E-state index contributed by atoms with van der Waals surface area (Å²) < 4.78 is 5.04. The van der Waals surface area contributed by atoms with E-state index >= 15 is 0 Å². The third kappa shape index (κ3) is 3.29. The number of hydrogen-bond acceptors (Lipinski definition) is 7. The van der Waals surface area contributed by atoms with Crippen LogP contribution in [0.15, 0.2) is 10.8 Å². The number of nitrogens with zero attached hydrogens (tertiary/aromatic N) is 4. The number of hydrogen-bond donors (Lipinski definition) is 0. The molecule has 2 aromatic rings. The zero-order valence-corrected chi connectivity index (χ0v) is 14.2. The Morgan fingerprint density at radius 2 is 2.00 bits per heavy atom. The number of amides is 1. The molecular formula is C14H18N4O2S2. The Morgan fingerprint density at radius 1 is 1.23 bits per heavy atom. The van der Waals surface area contributed by atoms with E-state index in [1.807, 2.05) is 17.2 Å². The zero-order valence-electron chi connectivity index (χ0n) is 12.6. The van der Waals surface area contributed by atoms with Crippen LogP contribution in [0.4, 0.5) is 5.13 Å². The first-order valence-electron chi connectivity index (χ1n) is 7.07. The lowest BCUT2D eigenvalue weighted by Crippen LogP contribution is -2.48. The predicted octanol–water partition coefficient (Wildman–Crippen LogP) is 2.02. The Kier molecular flexibility index (Phi) is 4.70. The van der Waals surface area contributed by atoms with Gasteiger partial charge in [0.1, 0.15) is 10.7 Å². The van der Waals surface area contributed by atoms with Gasteiger partial charge in [-0.1, -0.05) is 0 Å². The molecule has 0 N–H and O–H groups in total. The highest BCUT2D eigenvalue weighted by Crippen LogP contribution is 2.22. The maximum Gasteiger partial charge on any atom is 0.273 e. The van der Waals surface area contributed by atoms with Crippen molar-refractivity contribution in [3.63, 3.8) is 0 Å². The highest BCUT2D eigenvalue weighted by atomic mass is 32.1. The monoisotopic (exact) mass is 338 g/mol. The number of aryl methyl sites for hydroxylation is 1. The van der Waals surface area contributed by atoms with Crippen LogP contribution in [0.3, 0.4) is 0 Å². The molecule has 1 aliphatic rings. The number of ether oxygens (including phenoxy) is 1. The fourth-order valence-corrected chi connectivity index (χ4v) is 3.94. The molecule has 1 amide bonds. The second kappa shape index (κ2) is 6.72. The lowest BCUT2D eigenvalue weighted by molar-refractivity contribution is 0.0741. The first-order valence-corrected chi connectivity index (χ1v) is 8.83. The Hall–Kier alpha value is -1.51. The second-order valence-electron chi connectivity index (χ2n) is 5.11. The molecule has 0 aromatic carbocycles. The van der Waals surface area contributed by atoms with Crippen LogP contribution in [-0.4, -0.2) is 54.1 Å². The van der Waals surface area contributed by atoms with Crippen molar-refractivity contribution in [3.8, 4) is 0 Å². The maximum absolute atomic E-state index is 12.5. The van der Waals surface area contributed by atoms with E-state index in [4.69, 9.17) is 4.74 Å². The molecule has 0 bridgehead atoms. The quantitative estimate of drug-likeness (QED) is 0.853. The summed E-state index contributed by atoms with van der Waals surface area (Å²) in [7, 11) is 1.63. The van der Waals surface area contributed by atoms with Crippen molar-refractivity contribution in [2.75, 3.05) is 38.2 Å². The first-order chi connectivity index (χ1) is 10.7. The van der Waals surface area contributed by atoms with Gasteiger partial charge >= 0.3 is 0 Å². The van der Waals surface area contributed by atoms with E-state index in [2.05, 4.69) is 20.2 Å². The Labute approximate surface area is 137 Å². The average Bonchev–Trinajstić information content (AvgIpc) is 3.16. The lowest BCUT2D eigenvalue weighted by atomic mass is 10.3. The zero-order chi connectivity index (χ0) is 15.5. The van der Waals surface area contributed by atoms with Gasteiger partial charge in [-0.15, -0.1) is 22.7 Å². The van der Waals surface area contributed by atoms with Gasteiger partial charge < -0.3 is 14.5 Å². The van der Waals surface area contributed by atoms with Crippen LogP contribution in [0.5, 0.6) is 0 Å². The molecule has 0 spiro atoms. The summed E-state index contributed by atoms with van der Waals surface area (Å²) in [5.41, 5.74) is 1.57. The number of piperazine rings is 1. The smallest absolute Gasteiger partial charge is 0.273 e. The van der Waals surface area contributed by atoms with Crippen LogP contribution < -0.4 is 4.90 Å². The molecule has 0 aliphatic carbocycles. The Morgan fingerprint density at radius 3 is 2.64 bits per heavy atom. The standard InChI is InChI=1S/C14H18N4O2S2/c1-10-8-22-14(15-10)18-5-3-17(4-6-18)13(19)11-9-21-12(16-11)7-20-2/h8-9H,3-7H2,1-2H3. The summed E-state index contributed by atoms with van der Waals surface area (Å²) in [4.78, 5) is 25.4. The van der Waals surface area contributed by atoms with Crippen molar-refractivity contribution in [2.45, 2.75) is 13.5 Å². The van der Waals surface area contributed by atoms with Crippen molar-refractivity contribution in [3.05, 3.63) is 27.2 Å². The van der Waals surface area contributed by atoms with E-state index < -0.39 is 0 Å². The molecule has 0 saturated carbocycles. The molecule has 6 nitrogen and oxygen atoms in total. The van der Waals surface area contributed by atoms with Crippen LogP contribution in [0.2, 0.25) is 0 Å². The van der Waals surface area contributed by atoms with E-state index in [1.165, 1.54) is 11.3 Å². The molecule has 2 aromatic heterocycles. The summed E-state index contributed by atoms with van der Waals surface area (Å²) in [6.45, 7) is 5.49. The molecule has 0 radical (unpaired) electrons. The molecular weight excluding hydrogens is 320 g/mol. The minimum atomic E-state index is 0.00794. The summed E-state index contributed by atoms with van der Waals surface area (Å²) in [6, 6.07) is 0. The highest BCUT2D eigenvalue weighted by Gasteiger charge is 2.24.